The van der Waals surface area contributed by atoms with Gasteiger partial charge in [-0.25, -0.2) is 4.79 Å². The monoisotopic (exact) mass is 288 g/mol. The molecule has 0 spiro atoms. The van der Waals surface area contributed by atoms with Crippen LogP contribution in [0.25, 0.3) is 0 Å². The predicted octanol–water partition coefficient (Wildman–Crippen LogP) is 1.96. The van der Waals surface area contributed by atoms with E-state index in [2.05, 4.69) is 0 Å². The Morgan fingerprint density at radius 3 is 1.55 bits per heavy atom. The van der Waals surface area contributed by atoms with Gasteiger partial charge in [-0.05, 0) is 36.5 Å². The molecular formula is C15H32N2O3. The minimum Gasteiger partial charge on any atom is -0.396 e. The van der Waals surface area contributed by atoms with Crippen LogP contribution in [0.1, 0.15) is 53.4 Å². The normalized spacial score (nSPS) is 12.5. The molecule has 0 fully saturated rings. The van der Waals surface area contributed by atoms with Crippen molar-refractivity contribution in [3.63, 3.8) is 0 Å². The van der Waals surface area contributed by atoms with E-state index in [1.54, 1.807) is 4.90 Å². The van der Waals surface area contributed by atoms with E-state index in [9.17, 15) is 15.0 Å². The molecule has 120 valence electrons. The van der Waals surface area contributed by atoms with Crippen LogP contribution in [0.5, 0.6) is 0 Å². The lowest BCUT2D eigenvalue weighted by Crippen LogP contribution is -2.38. The van der Waals surface area contributed by atoms with Crippen LogP contribution in [0.3, 0.4) is 0 Å². The maximum absolute atomic E-state index is 11.4. The van der Waals surface area contributed by atoms with Gasteiger partial charge in [0.1, 0.15) is 0 Å². The van der Waals surface area contributed by atoms with Crippen LogP contribution in [0, 0.1) is 10.8 Å². The van der Waals surface area contributed by atoms with Crippen molar-refractivity contribution < 1.29 is 15.0 Å². The molecule has 0 aromatic heterocycles. The Kier molecular flexibility index (Phi) is 8.13. The van der Waals surface area contributed by atoms with Crippen LogP contribution in [-0.2, 0) is 0 Å². The number of rotatable bonds is 10. The molecule has 2 amide bonds. The molecule has 0 atom stereocenters. The highest BCUT2D eigenvalue weighted by Crippen LogP contribution is 2.22. The lowest BCUT2D eigenvalue weighted by Gasteiger charge is -2.26. The van der Waals surface area contributed by atoms with Crippen molar-refractivity contribution in [3.05, 3.63) is 0 Å². The van der Waals surface area contributed by atoms with Gasteiger partial charge in [0.15, 0.2) is 0 Å². The number of carbonyl (C=O) groups is 1. The van der Waals surface area contributed by atoms with Crippen molar-refractivity contribution in [3.8, 4) is 0 Å². The smallest absolute Gasteiger partial charge is 0.314 e. The molecule has 4 N–H and O–H groups in total. The topological polar surface area (TPSA) is 86.8 Å². The van der Waals surface area contributed by atoms with Crippen molar-refractivity contribution >= 4 is 6.03 Å². The molecule has 0 aromatic carbocycles. The molecule has 0 aliphatic heterocycles. The largest absolute Gasteiger partial charge is 0.396 e. The first kappa shape index (κ1) is 19.2. The van der Waals surface area contributed by atoms with E-state index in [1.165, 1.54) is 0 Å². The first-order chi connectivity index (χ1) is 9.13. The summed E-state index contributed by atoms with van der Waals surface area (Å²) in [5, 5.41) is 18.4. The fourth-order valence-corrected chi connectivity index (χ4v) is 1.99. The SMILES string of the molecule is CC(C)(CO)CCCN(CCCC(C)(C)CO)C(N)=O. The van der Waals surface area contributed by atoms with Crippen LogP contribution in [-0.4, -0.2) is 47.4 Å². The van der Waals surface area contributed by atoms with E-state index in [1.807, 2.05) is 27.7 Å². The number of hydrogen-bond donors (Lipinski definition) is 3. The third kappa shape index (κ3) is 8.38. The number of hydrogen-bond acceptors (Lipinski definition) is 3. The molecule has 0 saturated carbocycles. The van der Waals surface area contributed by atoms with E-state index >= 15 is 0 Å². The molecule has 0 rings (SSSR count). The molecule has 0 aromatic rings. The van der Waals surface area contributed by atoms with Gasteiger partial charge in [-0.1, -0.05) is 27.7 Å². The minimum atomic E-state index is -0.395. The van der Waals surface area contributed by atoms with E-state index in [0.29, 0.717) is 13.1 Å². The van der Waals surface area contributed by atoms with Gasteiger partial charge in [-0.2, -0.15) is 0 Å². The van der Waals surface area contributed by atoms with Gasteiger partial charge in [0, 0.05) is 26.3 Å². The van der Waals surface area contributed by atoms with Crippen molar-refractivity contribution in [1.82, 2.24) is 4.90 Å². The molecule has 20 heavy (non-hydrogen) atoms. The average Bonchev–Trinajstić information content (AvgIpc) is 2.36. The van der Waals surface area contributed by atoms with E-state index in [-0.39, 0.29) is 24.0 Å². The number of nitrogens with zero attached hydrogens (tertiary/aromatic N) is 1. The second kappa shape index (κ2) is 8.47. The Labute approximate surface area is 123 Å². The number of aliphatic hydroxyl groups excluding tert-OH is 2. The molecule has 0 unspecified atom stereocenters. The Morgan fingerprint density at radius 1 is 0.950 bits per heavy atom. The quantitative estimate of drug-likeness (QED) is 0.574. The zero-order valence-electron chi connectivity index (χ0n) is 13.5. The number of urea groups is 1. The highest BCUT2D eigenvalue weighted by atomic mass is 16.3. The van der Waals surface area contributed by atoms with Gasteiger partial charge < -0.3 is 20.8 Å². The Morgan fingerprint density at radius 2 is 1.30 bits per heavy atom. The second-order valence-corrected chi connectivity index (χ2v) is 7.18. The second-order valence-electron chi connectivity index (χ2n) is 7.18. The summed E-state index contributed by atoms with van der Waals surface area (Å²) >= 11 is 0. The fraction of sp³-hybridized carbons (Fsp3) is 0.933. The van der Waals surface area contributed by atoms with Gasteiger partial charge in [0.05, 0.1) is 0 Å². The summed E-state index contributed by atoms with van der Waals surface area (Å²) in [5.74, 6) is 0. The minimum absolute atomic E-state index is 0.109. The number of amides is 2. The van der Waals surface area contributed by atoms with Crippen molar-refractivity contribution in [2.75, 3.05) is 26.3 Å². The number of aliphatic hydroxyl groups is 2. The first-order valence-electron chi connectivity index (χ1n) is 7.40. The summed E-state index contributed by atoms with van der Waals surface area (Å²) in [7, 11) is 0. The predicted molar refractivity (Wildman–Crippen MR) is 81.4 cm³/mol. The molecule has 5 nitrogen and oxygen atoms in total. The molecule has 5 heteroatoms. The fourth-order valence-electron chi connectivity index (χ4n) is 1.99. The van der Waals surface area contributed by atoms with Crippen LogP contribution < -0.4 is 5.73 Å². The van der Waals surface area contributed by atoms with Gasteiger partial charge in [0.2, 0.25) is 0 Å². The summed E-state index contributed by atoms with van der Waals surface area (Å²) < 4.78 is 0. The Bertz CT molecular complexity index is 269. The molecule has 0 saturated heterocycles. The molecule has 0 heterocycles. The molecular weight excluding hydrogens is 256 g/mol. The third-order valence-electron chi connectivity index (χ3n) is 3.73. The highest BCUT2D eigenvalue weighted by Gasteiger charge is 2.19. The average molecular weight is 288 g/mol. The third-order valence-corrected chi connectivity index (χ3v) is 3.73. The van der Waals surface area contributed by atoms with Crippen LogP contribution in [0.15, 0.2) is 0 Å². The molecule has 0 aliphatic carbocycles. The van der Waals surface area contributed by atoms with Crippen LogP contribution >= 0.6 is 0 Å². The molecule has 0 bridgehead atoms. The van der Waals surface area contributed by atoms with Crippen molar-refractivity contribution in [2.24, 2.45) is 16.6 Å². The van der Waals surface area contributed by atoms with Crippen molar-refractivity contribution in [1.29, 1.82) is 0 Å². The highest BCUT2D eigenvalue weighted by molar-refractivity contribution is 5.71. The summed E-state index contributed by atoms with van der Waals surface area (Å²) in [5.41, 5.74) is 5.17. The standard InChI is InChI=1S/C15H32N2O3/c1-14(2,11-18)7-5-9-17(13(16)20)10-6-8-15(3,4)12-19/h18-19H,5-12H2,1-4H3,(H2,16,20). The maximum Gasteiger partial charge on any atom is 0.314 e. The number of carbonyl (C=O) groups excluding carboxylic acids is 1. The van der Waals surface area contributed by atoms with E-state index in [4.69, 9.17) is 5.73 Å². The van der Waals surface area contributed by atoms with Gasteiger partial charge in [-0.15, -0.1) is 0 Å². The zero-order chi connectivity index (χ0) is 15.8. The Balaban J connectivity index is 4.10. The van der Waals surface area contributed by atoms with Crippen LogP contribution in [0.2, 0.25) is 0 Å². The lowest BCUT2D eigenvalue weighted by atomic mass is 9.88. The summed E-state index contributed by atoms with van der Waals surface area (Å²) in [6, 6.07) is -0.395. The molecule has 0 aliphatic rings. The number of primary amides is 1. The first-order valence-corrected chi connectivity index (χ1v) is 7.40. The van der Waals surface area contributed by atoms with E-state index < -0.39 is 6.03 Å². The zero-order valence-corrected chi connectivity index (χ0v) is 13.5. The van der Waals surface area contributed by atoms with Gasteiger partial charge >= 0.3 is 6.03 Å². The van der Waals surface area contributed by atoms with Crippen LogP contribution in [0.4, 0.5) is 4.79 Å². The van der Waals surface area contributed by atoms with Crippen molar-refractivity contribution in [2.45, 2.75) is 53.4 Å². The summed E-state index contributed by atoms with van der Waals surface area (Å²) in [4.78, 5) is 13.1. The number of nitrogens with two attached hydrogens (primary N) is 1. The van der Waals surface area contributed by atoms with E-state index in [0.717, 1.165) is 25.7 Å². The van der Waals surface area contributed by atoms with Gasteiger partial charge in [-0.3, -0.25) is 0 Å². The summed E-state index contributed by atoms with van der Waals surface area (Å²) in [6.07, 6.45) is 3.38. The van der Waals surface area contributed by atoms with Gasteiger partial charge in [0.25, 0.3) is 0 Å². The lowest BCUT2D eigenvalue weighted by molar-refractivity contribution is 0.135. The Hall–Kier alpha value is -0.810. The maximum atomic E-state index is 11.4. The summed E-state index contributed by atoms with van der Waals surface area (Å²) in [6.45, 7) is 9.56. The molecule has 0 radical (unpaired) electrons.